The van der Waals surface area contributed by atoms with Crippen LogP contribution in [-0.2, 0) is 6.54 Å². The molecule has 0 bridgehead atoms. The molecule has 1 heterocycles. The maximum absolute atomic E-state index is 11.0. The zero-order valence-corrected chi connectivity index (χ0v) is 13.9. The van der Waals surface area contributed by atoms with Gasteiger partial charge in [-0.25, -0.2) is 4.79 Å². The maximum Gasteiger partial charge on any atom is 0.345 e. The predicted molar refractivity (Wildman–Crippen MR) is 84.7 cm³/mol. The topological polar surface area (TPSA) is 52.6 Å². The third kappa shape index (κ3) is 5.61. The summed E-state index contributed by atoms with van der Waals surface area (Å²) in [4.78, 5) is 14.7. The van der Waals surface area contributed by atoms with Crippen molar-refractivity contribution in [2.45, 2.75) is 39.8 Å². The highest BCUT2D eigenvalue weighted by molar-refractivity contribution is 7.14. The highest BCUT2D eigenvalue weighted by atomic mass is 32.1. The van der Waals surface area contributed by atoms with Gasteiger partial charge in [-0.05, 0) is 45.0 Å². The molecule has 0 aliphatic carbocycles. The van der Waals surface area contributed by atoms with E-state index in [1.807, 2.05) is 6.92 Å². The lowest BCUT2D eigenvalue weighted by Gasteiger charge is -2.24. The van der Waals surface area contributed by atoms with Crippen LogP contribution in [0.25, 0.3) is 0 Å². The van der Waals surface area contributed by atoms with Crippen molar-refractivity contribution >= 4 is 17.3 Å². The van der Waals surface area contributed by atoms with Crippen LogP contribution in [-0.4, -0.2) is 42.7 Å². The standard InChI is InChI=1S/C15H26N2O2S/c1-10(2)6-13(9-17(4)5)16-8-12-7-14(15(18)19)20-11(12)3/h7,10,13,16H,6,8-9H2,1-5H3,(H,18,19). The molecule has 1 aromatic heterocycles. The van der Waals surface area contributed by atoms with Crippen LogP contribution >= 0.6 is 11.3 Å². The average Bonchev–Trinajstić information content (AvgIpc) is 2.66. The number of aryl methyl sites for hydroxylation is 1. The van der Waals surface area contributed by atoms with E-state index in [2.05, 4.69) is 38.2 Å². The van der Waals surface area contributed by atoms with Gasteiger partial charge < -0.3 is 15.3 Å². The molecule has 0 saturated heterocycles. The van der Waals surface area contributed by atoms with Crippen LogP contribution in [0.2, 0.25) is 0 Å². The number of carbonyl (C=O) groups is 1. The molecule has 0 radical (unpaired) electrons. The largest absolute Gasteiger partial charge is 0.477 e. The molecule has 0 aliphatic heterocycles. The van der Waals surface area contributed by atoms with Crippen molar-refractivity contribution < 1.29 is 9.90 Å². The van der Waals surface area contributed by atoms with Crippen molar-refractivity contribution in [3.8, 4) is 0 Å². The van der Waals surface area contributed by atoms with Gasteiger partial charge >= 0.3 is 5.97 Å². The molecule has 4 nitrogen and oxygen atoms in total. The average molecular weight is 298 g/mol. The molecule has 0 aliphatic rings. The van der Waals surface area contributed by atoms with Crippen LogP contribution in [0.3, 0.4) is 0 Å². The van der Waals surface area contributed by atoms with E-state index in [1.165, 1.54) is 11.3 Å². The maximum atomic E-state index is 11.0. The van der Waals surface area contributed by atoms with E-state index in [1.54, 1.807) is 6.07 Å². The number of carboxylic acid groups (broad SMARTS) is 1. The molecule has 5 heteroatoms. The molecule has 1 unspecified atom stereocenters. The van der Waals surface area contributed by atoms with Crippen LogP contribution < -0.4 is 5.32 Å². The Morgan fingerprint density at radius 3 is 2.55 bits per heavy atom. The van der Waals surface area contributed by atoms with E-state index in [9.17, 15) is 4.79 Å². The van der Waals surface area contributed by atoms with Crippen molar-refractivity contribution in [1.29, 1.82) is 0 Å². The second-order valence-corrected chi connectivity index (χ2v) is 7.22. The summed E-state index contributed by atoms with van der Waals surface area (Å²) in [5, 5.41) is 12.6. The van der Waals surface area contributed by atoms with Crippen molar-refractivity contribution in [1.82, 2.24) is 10.2 Å². The predicted octanol–water partition coefficient (Wildman–Crippen LogP) is 2.82. The Labute approximate surface area is 125 Å². The number of aromatic carboxylic acids is 1. The number of rotatable bonds is 8. The van der Waals surface area contributed by atoms with E-state index in [4.69, 9.17) is 5.11 Å². The number of hydrogen-bond acceptors (Lipinski definition) is 4. The van der Waals surface area contributed by atoms with Crippen LogP contribution in [0, 0.1) is 12.8 Å². The molecule has 1 rings (SSSR count). The Morgan fingerprint density at radius 1 is 1.45 bits per heavy atom. The summed E-state index contributed by atoms with van der Waals surface area (Å²) in [6.45, 7) is 8.16. The van der Waals surface area contributed by atoms with Gasteiger partial charge in [0.1, 0.15) is 4.88 Å². The lowest BCUT2D eigenvalue weighted by molar-refractivity contribution is 0.0702. The minimum Gasteiger partial charge on any atom is -0.477 e. The molecule has 0 aromatic carbocycles. The van der Waals surface area contributed by atoms with Crippen molar-refractivity contribution in [2.24, 2.45) is 5.92 Å². The van der Waals surface area contributed by atoms with Gasteiger partial charge in [0.2, 0.25) is 0 Å². The smallest absolute Gasteiger partial charge is 0.345 e. The molecule has 0 spiro atoms. The summed E-state index contributed by atoms with van der Waals surface area (Å²) in [5.74, 6) is -0.193. The fourth-order valence-electron chi connectivity index (χ4n) is 2.29. The Hall–Kier alpha value is -0.910. The number of hydrogen-bond donors (Lipinski definition) is 2. The van der Waals surface area contributed by atoms with Crippen LogP contribution in [0.1, 0.15) is 40.4 Å². The molecular formula is C15H26N2O2S. The van der Waals surface area contributed by atoms with Crippen molar-refractivity contribution in [2.75, 3.05) is 20.6 Å². The number of carboxylic acids is 1. The summed E-state index contributed by atoms with van der Waals surface area (Å²) in [6.07, 6.45) is 1.12. The van der Waals surface area contributed by atoms with E-state index in [-0.39, 0.29) is 0 Å². The molecule has 0 amide bonds. The normalized spacial score (nSPS) is 13.2. The molecule has 0 saturated carbocycles. The number of nitrogens with zero attached hydrogens (tertiary/aromatic N) is 1. The zero-order valence-electron chi connectivity index (χ0n) is 13.1. The van der Waals surface area contributed by atoms with E-state index >= 15 is 0 Å². The van der Waals surface area contributed by atoms with Crippen molar-refractivity contribution in [3.05, 3.63) is 21.4 Å². The van der Waals surface area contributed by atoms with Crippen LogP contribution in [0.15, 0.2) is 6.07 Å². The lowest BCUT2D eigenvalue weighted by Crippen LogP contribution is -2.38. The second kappa shape index (κ2) is 7.76. The SMILES string of the molecule is Cc1sc(C(=O)O)cc1CNC(CC(C)C)CN(C)C. The summed E-state index contributed by atoms with van der Waals surface area (Å²) in [5.41, 5.74) is 1.10. The minimum atomic E-state index is -0.837. The molecule has 2 N–H and O–H groups in total. The first-order valence-electron chi connectivity index (χ1n) is 7.00. The van der Waals surface area contributed by atoms with Gasteiger partial charge in [0.05, 0.1) is 0 Å². The lowest BCUT2D eigenvalue weighted by atomic mass is 10.0. The first-order valence-corrected chi connectivity index (χ1v) is 7.82. The first kappa shape index (κ1) is 17.1. The molecular weight excluding hydrogens is 272 g/mol. The summed E-state index contributed by atoms with van der Waals surface area (Å²) in [6, 6.07) is 2.22. The quantitative estimate of drug-likeness (QED) is 0.775. The third-order valence-corrected chi connectivity index (χ3v) is 4.23. The van der Waals surface area contributed by atoms with E-state index in [0.29, 0.717) is 16.8 Å². The minimum absolute atomic E-state index is 0.423. The van der Waals surface area contributed by atoms with Gasteiger partial charge in [-0.2, -0.15) is 0 Å². The zero-order chi connectivity index (χ0) is 15.3. The Bertz CT molecular complexity index is 431. The monoisotopic (exact) mass is 298 g/mol. The fraction of sp³-hybridized carbons (Fsp3) is 0.667. The first-order chi connectivity index (χ1) is 9.29. The number of nitrogens with one attached hydrogen (secondary N) is 1. The highest BCUT2D eigenvalue weighted by Crippen LogP contribution is 2.21. The molecule has 1 aromatic rings. The Balaban J connectivity index is 2.64. The van der Waals surface area contributed by atoms with Crippen molar-refractivity contribution in [3.63, 3.8) is 0 Å². The van der Waals surface area contributed by atoms with Crippen LogP contribution in [0.4, 0.5) is 0 Å². The van der Waals surface area contributed by atoms with Gasteiger partial charge in [-0.1, -0.05) is 13.8 Å². The van der Waals surface area contributed by atoms with E-state index < -0.39 is 5.97 Å². The molecule has 20 heavy (non-hydrogen) atoms. The molecule has 1 atom stereocenters. The van der Waals surface area contributed by atoms with Gasteiger partial charge in [0.25, 0.3) is 0 Å². The Morgan fingerprint density at radius 2 is 2.10 bits per heavy atom. The Kier molecular flexibility index (Phi) is 6.65. The van der Waals surface area contributed by atoms with Gasteiger partial charge in [0, 0.05) is 24.0 Å². The molecule has 114 valence electrons. The van der Waals surface area contributed by atoms with Gasteiger partial charge in [-0.3, -0.25) is 0 Å². The second-order valence-electron chi connectivity index (χ2n) is 5.97. The van der Waals surface area contributed by atoms with E-state index in [0.717, 1.165) is 30.0 Å². The fourth-order valence-corrected chi connectivity index (χ4v) is 3.17. The third-order valence-electron chi connectivity index (χ3n) is 3.15. The van der Waals surface area contributed by atoms with Crippen LogP contribution in [0.5, 0.6) is 0 Å². The molecule has 0 fully saturated rings. The summed E-state index contributed by atoms with van der Waals surface area (Å²) in [7, 11) is 4.15. The number of thiophene rings is 1. The highest BCUT2D eigenvalue weighted by Gasteiger charge is 2.14. The summed E-state index contributed by atoms with van der Waals surface area (Å²) < 4.78 is 0. The summed E-state index contributed by atoms with van der Waals surface area (Å²) >= 11 is 1.35. The number of likely N-dealkylation sites (N-methyl/N-ethyl adjacent to an activating group) is 1. The van der Waals surface area contributed by atoms with Gasteiger partial charge in [0.15, 0.2) is 0 Å². The van der Waals surface area contributed by atoms with Gasteiger partial charge in [-0.15, -0.1) is 11.3 Å².